The molecular formula is C31H34F5N11O. The number of alkyl halides is 5. The van der Waals surface area contributed by atoms with E-state index in [0.717, 1.165) is 16.6 Å². The number of H-pyrrole nitrogens is 1. The molecule has 7 rings (SSSR count). The lowest BCUT2D eigenvalue weighted by Gasteiger charge is -2.53. The van der Waals surface area contributed by atoms with Gasteiger partial charge in [0.1, 0.15) is 23.6 Å². The van der Waals surface area contributed by atoms with Crippen LogP contribution in [0.3, 0.4) is 0 Å². The normalized spacial score (nSPS) is 25.1. The van der Waals surface area contributed by atoms with E-state index >= 15 is 0 Å². The standard InChI is InChI=1S/C31H34F5N11O/c1-19-23(14-44-11-6-30(32,33)17-44)42-28(31(34,35)36)43-24(19)27(48)45-9-3-21(4-10-45)46-15-29(16-46,5-7-37)47-13-20(12-41-47)25-22-2-8-38-26(22)40-18-39-25/h2,8,12-13,18-19,21,24H,3-6,9-11,14-17H2,1H3,(H,38,39,40). The van der Waals surface area contributed by atoms with E-state index in [2.05, 4.69) is 41.0 Å². The summed E-state index contributed by atoms with van der Waals surface area (Å²) < 4.78 is 70.7. The summed E-state index contributed by atoms with van der Waals surface area (Å²) in [5.41, 5.74) is 1.77. The summed E-state index contributed by atoms with van der Waals surface area (Å²) >= 11 is 0. The zero-order chi connectivity index (χ0) is 33.8. The van der Waals surface area contributed by atoms with Crippen LogP contribution < -0.4 is 0 Å². The van der Waals surface area contributed by atoms with Gasteiger partial charge in [-0.3, -0.25) is 19.3 Å². The molecule has 3 aromatic heterocycles. The number of amides is 1. The van der Waals surface area contributed by atoms with Crippen LogP contribution in [0.15, 0.2) is 41.0 Å². The van der Waals surface area contributed by atoms with Crippen molar-refractivity contribution in [1.82, 2.24) is 39.4 Å². The average Bonchev–Trinajstić information content (AvgIpc) is 3.79. The Morgan fingerprint density at radius 2 is 1.92 bits per heavy atom. The zero-order valence-electron chi connectivity index (χ0n) is 26.2. The highest BCUT2D eigenvalue weighted by Gasteiger charge is 2.49. The first kappa shape index (κ1) is 32.3. The van der Waals surface area contributed by atoms with E-state index in [1.807, 2.05) is 16.9 Å². The third kappa shape index (κ3) is 5.96. The minimum atomic E-state index is -4.88. The average molecular weight is 672 g/mol. The molecule has 48 heavy (non-hydrogen) atoms. The number of aromatic amines is 1. The number of carbonyl (C=O) groups is 1. The first-order chi connectivity index (χ1) is 22.9. The van der Waals surface area contributed by atoms with Gasteiger partial charge in [0.05, 0.1) is 30.9 Å². The zero-order valence-corrected chi connectivity index (χ0v) is 26.2. The lowest BCUT2D eigenvalue weighted by atomic mass is 9.83. The van der Waals surface area contributed by atoms with Gasteiger partial charge in [-0.1, -0.05) is 6.92 Å². The van der Waals surface area contributed by atoms with Crippen molar-refractivity contribution < 1.29 is 26.7 Å². The number of aromatic nitrogens is 5. The molecule has 1 N–H and O–H groups in total. The highest BCUT2D eigenvalue weighted by Crippen LogP contribution is 2.38. The number of halogens is 5. The summed E-state index contributed by atoms with van der Waals surface area (Å²) in [6, 6.07) is 2.98. The number of nitriles is 1. The number of hydrogen-bond acceptors (Lipinski definition) is 9. The number of fused-ring (bicyclic) bond motifs is 1. The van der Waals surface area contributed by atoms with Crippen molar-refractivity contribution >= 4 is 28.5 Å². The molecule has 2 unspecified atom stereocenters. The summed E-state index contributed by atoms with van der Waals surface area (Å²) in [6.45, 7) is 2.72. The molecule has 4 aliphatic heterocycles. The van der Waals surface area contributed by atoms with Crippen LogP contribution in [-0.2, 0) is 10.3 Å². The molecule has 0 aromatic carbocycles. The van der Waals surface area contributed by atoms with Crippen LogP contribution in [0.4, 0.5) is 22.0 Å². The van der Waals surface area contributed by atoms with Crippen molar-refractivity contribution in [2.75, 3.05) is 45.8 Å². The van der Waals surface area contributed by atoms with Gasteiger partial charge in [0.25, 0.3) is 5.92 Å². The molecule has 3 aromatic rings. The van der Waals surface area contributed by atoms with E-state index in [4.69, 9.17) is 0 Å². The topological polar surface area (TPSA) is 135 Å². The number of likely N-dealkylation sites (tertiary alicyclic amines) is 3. The minimum absolute atomic E-state index is 0.0378. The van der Waals surface area contributed by atoms with Crippen LogP contribution in [0.25, 0.3) is 22.3 Å². The van der Waals surface area contributed by atoms with Gasteiger partial charge in [-0.2, -0.15) is 23.5 Å². The highest BCUT2D eigenvalue weighted by atomic mass is 19.4. The predicted octanol–water partition coefficient (Wildman–Crippen LogP) is 3.50. The number of piperidine rings is 1. The maximum Gasteiger partial charge on any atom is 0.451 e. The Hall–Kier alpha value is -4.30. The quantitative estimate of drug-likeness (QED) is 0.380. The van der Waals surface area contributed by atoms with Crippen LogP contribution in [0, 0.1) is 17.2 Å². The number of carbonyl (C=O) groups excluding carboxylic acids is 1. The van der Waals surface area contributed by atoms with Crippen molar-refractivity contribution in [2.24, 2.45) is 15.9 Å². The monoisotopic (exact) mass is 671 g/mol. The molecule has 4 aliphatic rings. The van der Waals surface area contributed by atoms with Crippen LogP contribution in [0.1, 0.15) is 32.6 Å². The van der Waals surface area contributed by atoms with Gasteiger partial charge in [0.15, 0.2) is 0 Å². The van der Waals surface area contributed by atoms with Crippen LogP contribution in [0.5, 0.6) is 0 Å². The van der Waals surface area contributed by atoms with Crippen molar-refractivity contribution in [1.29, 1.82) is 5.26 Å². The molecule has 0 saturated carbocycles. The number of nitrogens with one attached hydrogen (secondary N) is 1. The van der Waals surface area contributed by atoms with Crippen molar-refractivity contribution in [3.05, 3.63) is 31.0 Å². The molecule has 0 bridgehead atoms. The Balaban J connectivity index is 0.992. The fourth-order valence-electron chi connectivity index (χ4n) is 7.35. The summed E-state index contributed by atoms with van der Waals surface area (Å²) in [6.07, 6.45) is 3.13. The van der Waals surface area contributed by atoms with Crippen molar-refractivity contribution in [2.45, 2.75) is 62.3 Å². The van der Waals surface area contributed by atoms with Gasteiger partial charge < -0.3 is 9.88 Å². The van der Waals surface area contributed by atoms with Crippen LogP contribution >= 0.6 is 0 Å². The summed E-state index contributed by atoms with van der Waals surface area (Å²) in [7, 11) is 0. The van der Waals surface area contributed by atoms with Crippen molar-refractivity contribution in [3.63, 3.8) is 0 Å². The van der Waals surface area contributed by atoms with E-state index in [0.29, 0.717) is 44.7 Å². The number of aliphatic imine (C=N–C) groups is 2. The lowest BCUT2D eigenvalue weighted by Crippen LogP contribution is -2.66. The van der Waals surface area contributed by atoms with Gasteiger partial charge in [0.2, 0.25) is 11.7 Å². The SMILES string of the molecule is CC1C(CN2CCC(F)(F)C2)=NC(C(F)(F)F)=NC1C(=O)N1CCC(N2CC(CC#N)(n3cc(-c4ncnc5[nH]ccc45)cn3)C2)CC1. The fraction of sp³-hybridized carbons (Fsp3) is 0.581. The maximum absolute atomic E-state index is 13.8. The maximum atomic E-state index is 13.8. The molecule has 12 nitrogen and oxygen atoms in total. The van der Waals surface area contributed by atoms with Crippen LogP contribution in [0.2, 0.25) is 0 Å². The smallest absolute Gasteiger partial charge is 0.346 e. The Morgan fingerprint density at radius 3 is 2.60 bits per heavy atom. The third-order valence-corrected chi connectivity index (χ3v) is 10.0. The second-order valence-corrected chi connectivity index (χ2v) is 13.3. The minimum Gasteiger partial charge on any atom is -0.346 e. The Bertz CT molecular complexity index is 1790. The molecular weight excluding hydrogens is 637 g/mol. The molecule has 7 heterocycles. The Kier molecular flexibility index (Phi) is 8.06. The summed E-state index contributed by atoms with van der Waals surface area (Å²) in [5, 5.41) is 15.2. The fourth-order valence-corrected chi connectivity index (χ4v) is 7.35. The van der Waals surface area contributed by atoms with E-state index in [9.17, 15) is 32.0 Å². The number of hydrogen-bond donors (Lipinski definition) is 1. The molecule has 3 fully saturated rings. The first-order valence-corrected chi connectivity index (χ1v) is 15.9. The highest BCUT2D eigenvalue weighted by molar-refractivity contribution is 6.07. The largest absolute Gasteiger partial charge is 0.451 e. The summed E-state index contributed by atoms with van der Waals surface area (Å²) in [4.78, 5) is 38.0. The van der Waals surface area contributed by atoms with E-state index in [-0.39, 0.29) is 37.7 Å². The van der Waals surface area contributed by atoms with Gasteiger partial charge in [0, 0.05) is 86.7 Å². The predicted molar refractivity (Wildman–Crippen MR) is 164 cm³/mol. The Labute approximate surface area is 272 Å². The second kappa shape index (κ2) is 12.0. The molecule has 0 radical (unpaired) electrons. The molecule has 0 aliphatic carbocycles. The van der Waals surface area contributed by atoms with Gasteiger partial charge >= 0.3 is 6.18 Å². The Morgan fingerprint density at radius 1 is 1.15 bits per heavy atom. The summed E-state index contributed by atoms with van der Waals surface area (Å²) in [5.74, 6) is -5.59. The van der Waals surface area contributed by atoms with E-state index in [1.54, 1.807) is 24.2 Å². The molecule has 2 atom stereocenters. The molecule has 254 valence electrons. The molecule has 17 heteroatoms. The van der Waals surface area contributed by atoms with Gasteiger partial charge in [-0.15, -0.1) is 0 Å². The van der Waals surface area contributed by atoms with E-state index < -0.39 is 47.9 Å². The number of amidine groups is 1. The molecule has 3 saturated heterocycles. The van der Waals surface area contributed by atoms with Crippen molar-refractivity contribution in [3.8, 4) is 17.3 Å². The van der Waals surface area contributed by atoms with E-state index in [1.165, 1.54) is 11.2 Å². The number of rotatable bonds is 7. The van der Waals surface area contributed by atoms with Gasteiger partial charge in [-0.25, -0.2) is 28.7 Å². The molecule has 0 spiro atoms. The van der Waals surface area contributed by atoms with Gasteiger partial charge in [-0.05, 0) is 18.9 Å². The number of nitrogens with zero attached hydrogens (tertiary/aromatic N) is 10. The first-order valence-electron chi connectivity index (χ1n) is 15.9. The lowest BCUT2D eigenvalue weighted by molar-refractivity contribution is -0.135. The molecule has 1 amide bonds. The second-order valence-electron chi connectivity index (χ2n) is 13.3. The van der Waals surface area contributed by atoms with Crippen LogP contribution in [-0.4, -0.2) is 127 Å². The third-order valence-electron chi connectivity index (χ3n) is 10.0.